The third kappa shape index (κ3) is 8.65. The van der Waals surface area contributed by atoms with Gasteiger partial charge in [-0.15, -0.1) is 0 Å². The largest absolute Gasteiger partial charge is 0.466 e. The molecule has 0 rings (SSSR count). The van der Waals surface area contributed by atoms with Crippen molar-refractivity contribution in [1.29, 1.82) is 0 Å². The van der Waals surface area contributed by atoms with Crippen molar-refractivity contribution in [2.45, 2.75) is 39.2 Å². The standard InChI is InChI=1S/C10H17IO4/c1-3-4-5-14-10(13)6-9(7-11)15-8(2)12/h9H,3-7H2,1-2H3. The molecular formula is C10H17IO4. The van der Waals surface area contributed by atoms with Gasteiger partial charge in [0.05, 0.1) is 13.0 Å². The molecule has 0 fully saturated rings. The topological polar surface area (TPSA) is 52.6 Å². The number of hydrogen-bond acceptors (Lipinski definition) is 4. The van der Waals surface area contributed by atoms with Crippen molar-refractivity contribution in [3.05, 3.63) is 0 Å². The summed E-state index contributed by atoms with van der Waals surface area (Å²) in [5, 5.41) is 0. The van der Waals surface area contributed by atoms with Gasteiger partial charge in [0, 0.05) is 11.4 Å². The van der Waals surface area contributed by atoms with E-state index >= 15 is 0 Å². The zero-order chi connectivity index (χ0) is 11.7. The van der Waals surface area contributed by atoms with Crippen LogP contribution in [0.1, 0.15) is 33.1 Å². The summed E-state index contributed by atoms with van der Waals surface area (Å²) in [6, 6.07) is 0. The average molecular weight is 328 g/mol. The van der Waals surface area contributed by atoms with Crippen LogP contribution in [0.15, 0.2) is 0 Å². The number of carbonyl (C=O) groups is 2. The van der Waals surface area contributed by atoms with Gasteiger partial charge in [0.25, 0.3) is 0 Å². The quantitative estimate of drug-likeness (QED) is 0.311. The Morgan fingerprint density at radius 2 is 2.07 bits per heavy atom. The van der Waals surface area contributed by atoms with E-state index in [1.54, 1.807) is 0 Å². The molecule has 0 saturated heterocycles. The first-order valence-electron chi connectivity index (χ1n) is 4.99. The molecule has 15 heavy (non-hydrogen) atoms. The summed E-state index contributed by atoms with van der Waals surface area (Å²) in [7, 11) is 0. The van der Waals surface area contributed by atoms with E-state index in [0.717, 1.165) is 12.8 Å². The molecule has 0 amide bonds. The van der Waals surface area contributed by atoms with Crippen molar-refractivity contribution in [1.82, 2.24) is 0 Å². The number of ether oxygens (including phenoxy) is 2. The normalized spacial score (nSPS) is 11.9. The van der Waals surface area contributed by atoms with Gasteiger partial charge in [-0.1, -0.05) is 35.9 Å². The number of unbranched alkanes of at least 4 members (excludes halogenated alkanes) is 1. The van der Waals surface area contributed by atoms with Crippen LogP contribution in [0.2, 0.25) is 0 Å². The average Bonchev–Trinajstić information content (AvgIpc) is 2.16. The number of halogens is 1. The molecule has 0 saturated carbocycles. The van der Waals surface area contributed by atoms with Gasteiger partial charge in [-0.2, -0.15) is 0 Å². The lowest BCUT2D eigenvalue weighted by atomic mass is 10.3. The van der Waals surface area contributed by atoms with Crippen molar-refractivity contribution < 1.29 is 19.1 Å². The molecule has 0 aliphatic rings. The maximum absolute atomic E-state index is 11.3. The first-order valence-corrected chi connectivity index (χ1v) is 6.51. The molecule has 1 unspecified atom stereocenters. The van der Waals surface area contributed by atoms with Gasteiger partial charge in [0.15, 0.2) is 0 Å². The summed E-state index contributed by atoms with van der Waals surface area (Å²) in [6.07, 6.45) is 1.64. The minimum absolute atomic E-state index is 0.145. The van der Waals surface area contributed by atoms with Gasteiger partial charge >= 0.3 is 11.9 Å². The molecule has 0 aromatic carbocycles. The summed E-state index contributed by atoms with van der Waals surface area (Å²) in [6.45, 7) is 3.81. The van der Waals surface area contributed by atoms with Crippen molar-refractivity contribution in [2.75, 3.05) is 11.0 Å². The first kappa shape index (κ1) is 14.7. The molecule has 0 radical (unpaired) electrons. The van der Waals surface area contributed by atoms with Gasteiger partial charge in [-0.3, -0.25) is 9.59 Å². The molecule has 0 spiro atoms. The monoisotopic (exact) mass is 328 g/mol. The predicted octanol–water partition coefficient (Wildman–Crippen LogP) is 2.09. The van der Waals surface area contributed by atoms with Crippen molar-refractivity contribution >= 4 is 34.5 Å². The van der Waals surface area contributed by atoms with Crippen molar-refractivity contribution in [3.8, 4) is 0 Å². The molecule has 0 aliphatic carbocycles. The summed E-state index contributed by atoms with van der Waals surface area (Å²) in [5.41, 5.74) is 0. The van der Waals surface area contributed by atoms with Gasteiger partial charge < -0.3 is 9.47 Å². The minimum Gasteiger partial charge on any atom is -0.466 e. The van der Waals surface area contributed by atoms with Gasteiger partial charge in [-0.05, 0) is 6.42 Å². The molecule has 0 aromatic heterocycles. The second-order valence-electron chi connectivity index (χ2n) is 3.16. The van der Waals surface area contributed by atoms with Gasteiger partial charge in [-0.25, -0.2) is 0 Å². The van der Waals surface area contributed by atoms with E-state index in [4.69, 9.17) is 9.47 Å². The van der Waals surface area contributed by atoms with Crippen LogP contribution in [-0.4, -0.2) is 29.1 Å². The second kappa shape index (κ2) is 8.94. The third-order valence-electron chi connectivity index (χ3n) is 1.66. The Labute approximate surface area is 104 Å². The first-order chi connectivity index (χ1) is 7.10. The SMILES string of the molecule is CCCCOC(=O)CC(CI)OC(C)=O. The van der Waals surface area contributed by atoms with Gasteiger partial charge in [0.1, 0.15) is 6.10 Å². The lowest BCUT2D eigenvalue weighted by molar-refractivity contribution is -0.152. The minimum atomic E-state index is -0.364. The van der Waals surface area contributed by atoms with Crippen LogP contribution >= 0.6 is 22.6 Å². The van der Waals surface area contributed by atoms with E-state index in [1.807, 2.05) is 6.92 Å². The molecular weight excluding hydrogens is 311 g/mol. The van der Waals surface area contributed by atoms with Crippen LogP contribution in [0.4, 0.5) is 0 Å². The zero-order valence-electron chi connectivity index (χ0n) is 9.12. The summed E-state index contributed by atoms with van der Waals surface area (Å²) in [5.74, 6) is -0.663. The number of carbonyl (C=O) groups excluding carboxylic acids is 2. The molecule has 0 heterocycles. The fourth-order valence-corrected chi connectivity index (χ4v) is 1.43. The summed E-state index contributed by atoms with van der Waals surface area (Å²) >= 11 is 2.08. The maximum atomic E-state index is 11.3. The van der Waals surface area contributed by atoms with E-state index in [9.17, 15) is 9.59 Å². The third-order valence-corrected chi connectivity index (χ3v) is 2.64. The maximum Gasteiger partial charge on any atom is 0.309 e. The number of hydrogen-bond donors (Lipinski definition) is 0. The van der Waals surface area contributed by atoms with Crippen LogP contribution in [0.5, 0.6) is 0 Å². The van der Waals surface area contributed by atoms with E-state index in [0.29, 0.717) is 11.0 Å². The molecule has 0 N–H and O–H groups in total. The van der Waals surface area contributed by atoms with Gasteiger partial charge in [0.2, 0.25) is 0 Å². The predicted molar refractivity (Wildman–Crippen MR) is 64.9 cm³/mol. The van der Waals surface area contributed by atoms with Crippen LogP contribution in [0.3, 0.4) is 0 Å². The molecule has 5 heteroatoms. The Morgan fingerprint density at radius 3 is 2.53 bits per heavy atom. The Hall–Kier alpha value is -0.330. The highest BCUT2D eigenvalue weighted by molar-refractivity contribution is 14.1. The molecule has 0 aromatic rings. The second-order valence-corrected chi connectivity index (χ2v) is 4.04. The molecule has 4 nitrogen and oxygen atoms in total. The van der Waals surface area contributed by atoms with E-state index < -0.39 is 0 Å². The molecule has 88 valence electrons. The highest BCUT2D eigenvalue weighted by Gasteiger charge is 2.16. The lowest BCUT2D eigenvalue weighted by Crippen LogP contribution is -2.23. The fourth-order valence-electron chi connectivity index (χ4n) is 0.938. The Balaban J connectivity index is 3.75. The van der Waals surface area contributed by atoms with Crippen molar-refractivity contribution in [3.63, 3.8) is 0 Å². The highest BCUT2D eigenvalue weighted by atomic mass is 127. The number of rotatable bonds is 7. The summed E-state index contributed by atoms with van der Waals surface area (Å²) in [4.78, 5) is 21.9. The summed E-state index contributed by atoms with van der Waals surface area (Å²) < 4.78 is 10.5. The Kier molecular flexibility index (Phi) is 8.74. The highest BCUT2D eigenvalue weighted by Crippen LogP contribution is 2.05. The zero-order valence-corrected chi connectivity index (χ0v) is 11.3. The van der Waals surface area contributed by atoms with Crippen LogP contribution in [-0.2, 0) is 19.1 Å². The molecule has 1 atom stereocenters. The number of alkyl halides is 1. The Morgan fingerprint density at radius 1 is 1.40 bits per heavy atom. The van der Waals surface area contributed by atoms with Crippen molar-refractivity contribution in [2.24, 2.45) is 0 Å². The fraction of sp³-hybridized carbons (Fsp3) is 0.800. The Bertz CT molecular complexity index is 206. The van der Waals surface area contributed by atoms with E-state index in [2.05, 4.69) is 22.6 Å². The van der Waals surface area contributed by atoms with Crippen LogP contribution in [0.25, 0.3) is 0 Å². The van der Waals surface area contributed by atoms with Crippen LogP contribution in [0, 0.1) is 0 Å². The number of esters is 2. The van der Waals surface area contributed by atoms with Crippen LogP contribution < -0.4 is 0 Å². The van der Waals surface area contributed by atoms with E-state index in [-0.39, 0.29) is 24.5 Å². The lowest BCUT2D eigenvalue weighted by Gasteiger charge is -2.13. The van der Waals surface area contributed by atoms with E-state index in [1.165, 1.54) is 6.92 Å². The smallest absolute Gasteiger partial charge is 0.309 e. The molecule has 0 bridgehead atoms. The molecule has 0 aliphatic heterocycles.